The van der Waals surface area contributed by atoms with E-state index in [0.717, 1.165) is 0 Å². The lowest BCUT2D eigenvalue weighted by Crippen LogP contribution is -2.00. The second kappa shape index (κ2) is 6.30. The van der Waals surface area contributed by atoms with Crippen LogP contribution in [0.4, 0.5) is 0 Å². The second-order valence-electron chi connectivity index (χ2n) is 3.12. The number of aromatic nitrogens is 1. The molecule has 0 spiro atoms. The summed E-state index contributed by atoms with van der Waals surface area (Å²) in [6, 6.07) is 0. The molecule has 0 saturated heterocycles. The lowest BCUT2D eigenvalue weighted by atomic mass is 10.1. The minimum absolute atomic E-state index is 0. The number of aliphatic hydroxyl groups is 1. The molecule has 0 amide bonds. The van der Waals surface area contributed by atoms with Gasteiger partial charge in [0.25, 0.3) is 0 Å². The van der Waals surface area contributed by atoms with Crippen molar-refractivity contribution in [2.75, 3.05) is 0 Å². The Morgan fingerprint density at radius 3 is 2.53 bits per heavy atom. The number of phosphoric ester groups is 1. The predicted octanol–water partition coefficient (Wildman–Crippen LogP) is 0.619. The summed E-state index contributed by atoms with van der Waals surface area (Å²) < 4.78 is 14.7. The van der Waals surface area contributed by atoms with Crippen molar-refractivity contribution in [1.82, 2.24) is 4.98 Å². The Bertz CT molecular complexity index is 434. The molecule has 1 heterocycles. The highest BCUT2D eigenvalue weighted by Gasteiger charge is 2.17. The van der Waals surface area contributed by atoms with Crippen LogP contribution in [0, 0.1) is 6.92 Å². The largest absolute Gasteiger partial charge is 0.506 e. The van der Waals surface area contributed by atoms with E-state index in [1.165, 1.54) is 6.20 Å². The lowest BCUT2D eigenvalue weighted by Gasteiger charge is -2.11. The molecule has 1 aromatic rings. The fourth-order valence-electron chi connectivity index (χ4n) is 1.14. The molecule has 1 aromatic heterocycles. The van der Waals surface area contributed by atoms with E-state index in [4.69, 9.17) is 14.9 Å². The molecule has 98 valence electrons. The molecule has 17 heavy (non-hydrogen) atoms. The number of aliphatic hydroxyl groups excluding tert-OH is 1. The van der Waals surface area contributed by atoms with Crippen LogP contribution < -0.4 is 0 Å². The molecule has 0 fully saturated rings. The molecular weight excluding hydrogens is 273 g/mol. The number of rotatable bonds is 4. The van der Waals surface area contributed by atoms with E-state index in [1.807, 2.05) is 0 Å². The monoisotopic (exact) mass is 285 g/mol. The van der Waals surface area contributed by atoms with E-state index in [0.29, 0.717) is 5.69 Å². The zero-order valence-electron chi connectivity index (χ0n) is 8.90. The summed E-state index contributed by atoms with van der Waals surface area (Å²) in [5.74, 6) is -0.200. The molecule has 4 N–H and O–H groups in total. The van der Waals surface area contributed by atoms with Crippen LogP contribution in [-0.4, -0.2) is 25.0 Å². The number of hydrogen-bond donors (Lipinski definition) is 4. The van der Waals surface area contributed by atoms with Gasteiger partial charge in [0.1, 0.15) is 5.75 Å². The number of halogens is 1. The summed E-state index contributed by atoms with van der Waals surface area (Å²) in [5, 5.41) is 18.6. The molecule has 0 aromatic carbocycles. The van der Waals surface area contributed by atoms with Crippen molar-refractivity contribution in [2.45, 2.75) is 20.1 Å². The fraction of sp³-hybridized carbons (Fsp3) is 0.375. The first-order chi connectivity index (χ1) is 7.35. The van der Waals surface area contributed by atoms with Gasteiger partial charge in [0.05, 0.1) is 18.9 Å². The maximum Gasteiger partial charge on any atom is 0.469 e. The lowest BCUT2D eigenvalue weighted by molar-refractivity contribution is 0.186. The highest BCUT2D eigenvalue weighted by atomic mass is 35.5. The van der Waals surface area contributed by atoms with Crippen LogP contribution in [0.5, 0.6) is 5.75 Å². The van der Waals surface area contributed by atoms with Gasteiger partial charge in [-0.05, 0) is 6.92 Å². The van der Waals surface area contributed by atoms with Crippen molar-refractivity contribution in [3.05, 3.63) is 23.0 Å². The Morgan fingerprint density at radius 2 is 2.06 bits per heavy atom. The van der Waals surface area contributed by atoms with Gasteiger partial charge in [-0.3, -0.25) is 9.51 Å². The highest BCUT2D eigenvalue weighted by molar-refractivity contribution is 7.46. The molecule has 0 aliphatic heterocycles. The summed E-state index contributed by atoms with van der Waals surface area (Å²) in [6.07, 6.45) is 1.29. The van der Waals surface area contributed by atoms with E-state index in [1.54, 1.807) is 6.92 Å². The predicted molar refractivity (Wildman–Crippen MR) is 60.6 cm³/mol. The van der Waals surface area contributed by atoms with Crippen molar-refractivity contribution in [3.63, 3.8) is 0 Å². The molecule has 0 saturated carbocycles. The topological polar surface area (TPSA) is 120 Å². The van der Waals surface area contributed by atoms with Gasteiger partial charge in [-0.25, -0.2) is 4.57 Å². The normalized spacial score (nSPS) is 11.1. The molecule has 0 aliphatic carbocycles. The Labute approximate surface area is 104 Å². The van der Waals surface area contributed by atoms with Crippen molar-refractivity contribution >= 4 is 20.2 Å². The smallest absolute Gasteiger partial charge is 0.469 e. The van der Waals surface area contributed by atoms with Crippen LogP contribution in [0.2, 0.25) is 0 Å². The van der Waals surface area contributed by atoms with Crippen LogP contribution in [0.3, 0.4) is 0 Å². The summed E-state index contributed by atoms with van der Waals surface area (Å²) >= 11 is 0. The average Bonchev–Trinajstić information content (AvgIpc) is 2.18. The van der Waals surface area contributed by atoms with Gasteiger partial charge < -0.3 is 20.0 Å². The van der Waals surface area contributed by atoms with Gasteiger partial charge in [-0.1, -0.05) is 0 Å². The number of phosphoric acid groups is 1. The summed E-state index contributed by atoms with van der Waals surface area (Å²) in [7, 11) is -4.58. The molecule has 0 atom stereocenters. The van der Waals surface area contributed by atoms with E-state index < -0.39 is 21.0 Å². The zero-order valence-corrected chi connectivity index (χ0v) is 10.6. The first-order valence-electron chi connectivity index (χ1n) is 4.32. The minimum atomic E-state index is -4.58. The van der Waals surface area contributed by atoms with E-state index in [9.17, 15) is 9.67 Å². The molecule has 9 heteroatoms. The molecule has 0 bridgehead atoms. The SMILES string of the molecule is Cc1ncc(COP(=O)(O)O)c(CO)c1O.Cl. The Morgan fingerprint density at radius 1 is 1.47 bits per heavy atom. The molecule has 0 unspecified atom stereocenters. The fourth-order valence-corrected chi connectivity index (χ4v) is 1.45. The third-order valence-corrected chi connectivity index (χ3v) is 2.44. The van der Waals surface area contributed by atoms with Gasteiger partial charge in [0.15, 0.2) is 0 Å². The van der Waals surface area contributed by atoms with E-state index >= 15 is 0 Å². The van der Waals surface area contributed by atoms with E-state index in [-0.39, 0.29) is 29.3 Å². The van der Waals surface area contributed by atoms with Gasteiger partial charge in [0, 0.05) is 17.3 Å². The summed E-state index contributed by atoms with van der Waals surface area (Å²) in [6.45, 7) is 0.651. The highest BCUT2D eigenvalue weighted by Crippen LogP contribution is 2.37. The van der Waals surface area contributed by atoms with Crippen LogP contribution >= 0.6 is 20.2 Å². The van der Waals surface area contributed by atoms with Crippen molar-refractivity contribution in [1.29, 1.82) is 0 Å². The standard InChI is InChI=1S/C8H12NO6P.ClH/c1-5-8(11)7(3-10)6(2-9-5)4-15-16(12,13)14;/h2,10-11H,3-4H2,1H3,(H2,12,13,14);1H. The zero-order chi connectivity index (χ0) is 12.3. The minimum Gasteiger partial charge on any atom is -0.506 e. The number of nitrogens with zero attached hydrogens (tertiary/aromatic N) is 1. The Balaban J connectivity index is 0.00000256. The molecule has 0 aliphatic rings. The van der Waals surface area contributed by atoms with E-state index in [2.05, 4.69) is 9.51 Å². The van der Waals surface area contributed by atoms with Gasteiger partial charge in [-0.2, -0.15) is 0 Å². The van der Waals surface area contributed by atoms with Crippen LogP contribution in [0.15, 0.2) is 6.20 Å². The first kappa shape index (κ1) is 16.3. The molecular formula is C8H13ClNO6P. The first-order valence-corrected chi connectivity index (χ1v) is 5.85. The maximum atomic E-state index is 10.5. The van der Waals surface area contributed by atoms with Crippen molar-refractivity contribution < 1.29 is 29.1 Å². The molecule has 0 radical (unpaired) electrons. The average molecular weight is 286 g/mol. The Kier molecular flexibility index (Phi) is 6.04. The summed E-state index contributed by atoms with van der Waals surface area (Å²) in [5.41, 5.74) is 0.707. The second-order valence-corrected chi connectivity index (χ2v) is 4.36. The van der Waals surface area contributed by atoms with Gasteiger partial charge in [0.2, 0.25) is 0 Å². The number of aromatic hydroxyl groups is 1. The third-order valence-electron chi connectivity index (χ3n) is 1.98. The van der Waals surface area contributed by atoms with Crippen LogP contribution in [0.1, 0.15) is 16.8 Å². The van der Waals surface area contributed by atoms with Crippen molar-refractivity contribution in [3.8, 4) is 5.75 Å². The van der Waals surface area contributed by atoms with Crippen LogP contribution in [0.25, 0.3) is 0 Å². The third kappa shape index (κ3) is 4.59. The van der Waals surface area contributed by atoms with Crippen molar-refractivity contribution in [2.24, 2.45) is 0 Å². The number of pyridine rings is 1. The number of aryl methyl sites for hydroxylation is 1. The van der Waals surface area contributed by atoms with Crippen LogP contribution in [-0.2, 0) is 22.3 Å². The van der Waals surface area contributed by atoms with Gasteiger partial charge in [-0.15, -0.1) is 12.4 Å². The van der Waals surface area contributed by atoms with Gasteiger partial charge >= 0.3 is 7.82 Å². The quantitative estimate of drug-likeness (QED) is 0.598. The molecule has 7 nitrogen and oxygen atoms in total. The molecule has 1 rings (SSSR count). The summed E-state index contributed by atoms with van der Waals surface area (Å²) in [4.78, 5) is 20.8. The number of hydrogen-bond acceptors (Lipinski definition) is 5. The maximum absolute atomic E-state index is 10.5. The Hall–Kier alpha value is -0.690.